The molecular formula is C18H15N7O2. The molecule has 0 aromatic carbocycles. The Hall–Kier alpha value is -4.01. The summed E-state index contributed by atoms with van der Waals surface area (Å²) in [5.74, 6) is 0.780. The van der Waals surface area contributed by atoms with Gasteiger partial charge in [-0.3, -0.25) is 9.78 Å². The minimum absolute atomic E-state index is 0.266. The highest BCUT2D eigenvalue weighted by molar-refractivity contribution is 5.99. The van der Waals surface area contributed by atoms with Gasteiger partial charge in [0.1, 0.15) is 11.2 Å². The molecule has 4 aromatic heterocycles. The first kappa shape index (κ1) is 16.5. The maximum atomic E-state index is 11.7. The number of rotatable bonds is 5. The molecule has 0 saturated heterocycles. The van der Waals surface area contributed by atoms with Crippen LogP contribution in [0.15, 0.2) is 55.0 Å². The maximum absolute atomic E-state index is 11.7. The number of nitrogens with one attached hydrogen (secondary N) is 1. The first-order valence-electron chi connectivity index (χ1n) is 8.03. The van der Waals surface area contributed by atoms with E-state index in [0.29, 0.717) is 28.9 Å². The lowest BCUT2D eigenvalue weighted by molar-refractivity contribution is 0.100. The number of pyridine rings is 2. The van der Waals surface area contributed by atoms with Crippen LogP contribution in [0.25, 0.3) is 17.0 Å². The smallest absolute Gasteiger partial charge is 0.252 e. The number of amides is 1. The number of methoxy groups -OCH3 is 1. The lowest BCUT2D eigenvalue weighted by atomic mass is 10.2. The van der Waals surface area contributed by atoms with Crippen molar-refractivity contribution in [2.24, 2.45) is 5.73 Å². The molecule has 9 heteroatoms. The second-order valence-corrected chi connectivity index (χ2v) is 5.60. The Bertz CT molecular complexity index is 1140. The summed E-state index contributed by atoms with van der Waals surface area (Å²) in [6.07, 6.45) is 4.77. The number of aromatic nitrogens is 5. The van der Waals surface area contributed by atoms with E-state index in [4.69, 9.17) is 10.5 Å². The highest BCUT2D eigenvalue weighted by Crippen LogP contribution is 2.25. The summed E-state index contributed by atoms with van der Waals surface area (Å²) >= 11 is 0. The number of fused-ring (bicyclic) bond motifs is 1. The van der Waals surface area contributed by atoms with Crippen molar-refractivity contribution in [1.82, 2.24) is 24.6 Å². The summed E-state index contributed by atoms with van der Waals surface area (Å²) in [7, 11) is 1.55. The standard InChI is InChI=1S/C18H15N7O2/c1-27-15-6-2-4-13(21-15)17-23-18(14-5-3-9-25(14)24-17)22-12-7-8-20-10-11(12)16(19)26/h2-10H,1H3,(H2,19,26)(H,20,22,23,24). The van der Waals surface area contributed by atoms with Crippen LogP contribution in [-0.2, 0) is 0 Å². The van der Waals surface area contributed by atoms with E-state index in [9.17, 15) is 4.79 Å². The average molecular weight is 361 g/mol. The van der Waals surface area contributed by atoms with Crippen molar-refractivity contribution in [3.05, 3.63) is 60.6 Å². The van der Waals surface area contributed by atoms with Crippen molar-refractivity contribution in [1.29, 1.82) is 0 Å². The van der Waals surface area contributed by atoms with Gasteiger partial charge in [-0.1, -0.05) is 6.07 Å². The van der Waals surface area contributed by atoms with Crippen molar-refractivity contribution >= 4 is 22.9 Å². The number of carbonyl (C=O) groups excluding carboxylic acids is 1. The molecular weight excluding hydrogens is 346 g/mol. The number of carbonyl (C=O) groups is 1. The largest absolute Gasteiger partial charge is 0.481 e. The van der Waals surface area contributed by atoms with Crippen LogP contribution in [0, 0.1) is 0 Å². The van der Waals surface area contributed by atoms with E-state index >= 15 is 0 Å². The van der Waals surface area contributed by atoms with E-state index < -0.39 is 5.91 Å². The third-order valence-electron chi connectivity index (χ3n) is 3.89. The Labute approximate surface area is 153 Å². The van der Waals surface area contributed by atoms with Gasteiger partial charge < -0.3 is 15.8 Å². The molecule has 0 atom stereocenters. The van der Waals surface area contributed by atoms with Crippen LogP contribution in [0.4, 0.5) is 11.5 Å². The van der Waals surface area contributed by atoms with Gasteiger partial charge in [0.15, 0.2) is 5.82 Å². The van der Waals surface area contributed by atoms with E-state index in [1.54, 1.807) is 42.2 Å². The Morgan fingerprint density at radius 2 is 2.07 bits per heavy atom. The average Bonchev–Trinajstić information content (AvgIpc) is 3.17. The molecule has 9 nitrogen and oxygen atoms in total. The van der Waals surface area contributed by atoms with E-state index in [1.165, 1.54) is 6.20 Å². The van der Waals surface area contributed by atoms with Crippen molar-refractivity contribution in [2.75, 3.05) is 12.4 Å². The predicted molar refractivity (Wildman–Crippen MR) is 98.8 cm³/mol. The molecule has 0 aliphatic rings. The number of nitrogens with zero attached hydrogens (tertiary/aromatic N) is 5. The molecule has 0 aliphatic heterocycles. The minimum atomic E-state index is -0.583. The molecule has 3 N–H and O–H groups in total. The van der Waals surface area contributed by atoms with Gasteiger partial charge in [-0.15, -0.1) is 5.10 Å². The Morgan fingerprint density at radius 1 is 1.19 bits per heavy atom. The minimum Gasteiger partial charge on any atom is -0.481 e. The quantitative estimate of drug-likeness (QED) is 0.558. The number of primary amides is 1. The summed E-state index contributed by atoms with van der Waals surface area (Å²) in [5.41, 5.74) is 7.49. The fourth-order valence-corrected chi connectivity index (χ4v) is 2.62. The normalized spacial score (nSPS) is 10.7. The number of anilines is 2. The van der Waals surface area contributed by atoms with Crippen molar-refractivity contribution in [2.45, 2.75) is 0 Å². The van der Waals surface area contributed by atoms with Crippen molar-refractivity contribution in [3.63, 3.8) is 0 Å². The number of hydrogen-bond acceptors (Lipinski definition) is 7. The van der Waals surface area contributed by atoms with Crippen LogP contribution in [0.1, 0.15) is 10.4 Å². The first-order chi connectivity index (χ1) is 13.2. The van der Waals surface area contributed by atoms with Gasteiger partial charge in [0.05, 0.1) is 18.4 Å². The van der Waals surface area contributed by atoms with Crippen LogP contribution in [0.5, 0.6) is 5.88 Å². The van der Waals surface area contributed by atoms with Crippen LogP contribution in [-0.4, -0.2) is 37.6 Å². The summed E-state index contributed by atoms with van der Waals surface area (Å²) < 4.78 is 6.85. The molecule has 1 amide bonds. The fraction of sp³-hybridized carbons (Fsp3) is 0.0556. The zero-order valence-corrected chi connectivity index (χ0v) is 14.3. The van der Waals surface area contributed by atoms with Gasteiger partial charge in [0.2, 0.25) is 11.7 Å². The topological polar surface area (TPSA) is 120 Å². The van der Waals surface area contributed by atoms with Gasteiger partial charge in [-0.25, -0.2) is 14.5 Å². The van der Waals surface area contributed by atoms with Gasteiger partial charge >= 0.3 is 0 Å². The fourth-order valence-electron chi connectivity index (χ4n) is 2.62. The molecule has 134 valence electrons. The summed E-state index contributed by atoms with van der Waals surface area (Å²) in [5, 5.41) is 7.63. The second-order valence-electron chi connectivity index (χ2n) is 5.60. The van der Waals surface area contributed by atoms with Gasteiger partial charge in [0.25, 0.3) is 5.91 Å². The van der Waals surface area contributed by atoms with Gasteiger partial charge in [-0.05, 0) is 24.3 Å². The first-order valence-corrected chi connectivity index (χ1v) is 8.03. The maximum Gasteiger partial charge on any atom is 0.252 e. The molecule has 0 bridgehead atoms. The van der Waals surface area contributed by atoms with E-state index in [2.05, 4.69) is 25.4 Å². The van der Waals surface area contributed by atoms with Gasteiger partial charge in [-0.2, -0.15) is 0 Å². The molecule has 4 aromatic rings. The number of hydrogen-bond donors (Lipinski definition) is 2. The molecule has 0 spiro atoms. The van der Waals surface area contributed by atoms with Gasteiger partial charge in [0, 0.05) is 24.7 Å². The van der Waals surface area contributed by atoms with E-state index in [0.717, 1.165) is 5.52 Å². The number of nitrogens with two attached hydrogens (primary N) is 1. The zero-order valence-electron chi connectivity index (χ0n) is 14.3. The summed E-state index contributed by atoms with van der Waals surface area (Å²) in [4.78, 5) is 24.6. The van der Waals surface area contributed by atoms with E-state index in [-0.39, 0.29) is 5.56 Å². The highest BCUT2D eigenvalue weighted by atomic mass is 16.5. The molecule has 27 heavy (non-hydrogen) atoms. The van der Waals surface area contributed by atoms with Crippen molar-refractivity contribution < 1.29 is 9.53 Å². The van der Waals surface area contributed by atoms with Crippen LogP contribution >= 0.6 is 0 Å². The molecule has 0 saturated carbocycles. The summed E-state index contributed by atoms with van der Waals surface area (Å²) in [6.45, 7) is 0. The molecule has 0 fully saturated rings. The summed E-state index contributed by atoms with van der Waals surface area (Å²) in [6, 6.07) is 10.7. The Balaban J connectivity index is 1.83. The molecule has 4 heterocycles. The highest BCUT2D eigenvalue weighted by Gasteiger charge is 2.14. The number of ether oxygens (including phenoxy) is 1. The van der Waals surface area contributed by atoms with Crippen LogP contribution in [0.2, 0.25) is 0 Å². The third-order valence-corrected chi connectivity index (χ3v) is 3.89. The SMILES string of the molecule is COc1cccc(-c2nc(Nc3ccncc3C(N)=O)c3cccn3n2)n1. The molecule has 4 rings (SSSR count). The zero-order chi connectivity index (χ0) is 18.8. The van der Waals surface area contributed by atoms with Crippen molar-refractivity contribution in [3.8, 4) is 17.4 Å². The van der Waals surface area contributed by atoms with Crippen LogP contribution in [0.3, 0.4) is 0 Å². The monoisotopic (exact) mass is 361 g/mol. The third kappa shape index (κ3) is 3.13. The lowest BCUT2D eigenvalue weighted by Gasteiger charge is -2.11. The lowest BCUT2D eigenvalue weighted by Crippen LogP contribution is -2.14. The second kappa shape index (κ2) is 6.71. The van der Waals surface area contributed by atoms with E-state index in [1.807, 2.05) is 18.2 Å². The predicted octanol–water partition coefficient (Wildman–Crippen LogP) is 2.04. The Morgan fingerprint density at radius 3 is 2.89 bits per heavy atom. The molecule has 0 aliphatic carbocycles. The van der Waals surface area contributed by atoms with Crippen LogP contribution < -0.4 is 15.8 Å². The molecule has 0 radical (unpaired) electrons. The Kier molecular flexibility index (Phi) is 4.09. The molecule has 0 unspecified atom stereocenters.